The molecule has 0 fully saturated rings. The first kappa shape index (κ1) is 21.8. The van der Waals surface area contributed by atoms with E-state index in [1.54, 1.807) is 0 Å². The molecule has 0 saturated heterocycles. The first-order chi connectivity index (χ1) is 15.1. The molecule has 0 aliphatic rings. The number of ether oxygens (including phenoxy) is 1. The van der Waals surface area contributed by atoms with E-state index >= 15 is 0 Å². The van der Waals surface area contributed by atoms with Gasteiger partial charge in [0.05, 0.1) is 16.8 Å². The summed E-state index contributed by atoms with van der Waals surface area (Å²) in [5.74, 6) is 0.179. The predicted octanol–water partition coefficient (Wildman–Crippen LogP) is 7.34. The summed E-state index contributed by atoms with van der Waals surface area (Å²) in [5, 5.41) is 0.830. The van der Waals surface area contributed by atoms with E-state index in [4.69, 9.17) is 9.72 Å². The first-order valence-corrected chi connectivity index (χ1v) is 10.9. The Morgan fingerprint density at radius 2 is 1.53 bits per heavy atom. The molecule has 162 valence electrons. The van der Waals surface area contributed by atoms with Crippen molar-refractivity contribution in [2.24, 2.45) is 0 Å². The van der Waals surface area contributed by atoms with E-state index in [0.29, 0.717) is 11.3 Å². The molecule has 1 aromatic heterocycles. The van der Waals surface area contributed by atoms with Crippen LogP contribution in [0.25, 0.3) is 22.2 Å². The standard InChI is InChI=1S/C29H29NO2/c1-18-16-19(2)26-24(17-18)25(20(3)27(30-26)21-10-8-7-9-11-21)28(31)32-23-14-12-22(13-15-23)29(4,5)6/h7-17H,1-6H3. The third kappa shape index (κ3) is 4.16. The van der Waals surface area contributed by atoms with Crippen LogP contribution in [0.4, 0.5) is 0 Å². The largest absolute Gasteiger partial charge is 0.423 e. The lowest BCUT2D eigenvalue weighted by Crippen LogP contribution is -2.14. The van der Waals surface area contributed by atoms with Gasteiger partial charge in [-0.1, -0.05) is 74.9 Å². The summed E-state index contributed by atoms with van der Waals surface area (Å²) < 4.78 is 5.86. The van der Waals surface area contributed by atoms with Gasteiger partial charge in [0.1, 0.15) is 5.75 Å². The zero-order valence-corrected chi connectivity index (χ0v) is 19.6. The summed E-state index contributed by atoms with van der Waals surface area (Å²) in [7, 11) is 0. The molecule has 32 heavy (non-hydrogen) atoms. The fraction of sp³-hybridized carbons (Fsp3) is 0.241. The van der Waals surface area contributed by atoms with Crippen molar-refractivity contribution in [1.82, 2.24) is 4.98 Å². The van der Waals surface area contributed by atoms with E-state index in [2.05, 4.69) is 26.8 Å². The molecule has 0 saturated carbocycles. The second-order valence-corrected chi connectivity index (χ2v) is 9.47. The summed E-state index contributed by atoms with van der Waals surface area (Å²) in [5.41, 5.74) is 7.38. The van der Waals surface area contributed by atoms with Crippen molar-refractivity contribution in [2.45, 2.75) is 47.0 Å². The Hall–Kier alpha value is -3.46. The van der Waals surface area contributed by atoms with E-state index in [0.717, 1.165) is 38.9 Å². The van der Waals surface area contributed by atoms with Crippen LogP contribution in [0.3, 0.4) is 0 Å². The van der Waals surface area contributed by atoms with Crippen molar-refractivity contribution in [3.05, 3.63) is 94.5 Å². The summed E-state index contributed by atoms with van der Waals surface area (Å²) in [6, 6.07) is 21.9. The molecule has 0 radical (unpaired) electrons. The molecule has 0 amide bonds. The van der Waals surface area contributed by atoms with Gasteiger partial charge < -0.3 is 4.74 Å². The van der Waals surface area contributed by atoms with Crippen LogP contribution < -0.4 is 4.74 Å². The molecule has 3 nitrogen and oxygen atoms in total. The molecule has 0 N–H and O–H groups in total. The van der Waals surface area contributed by atoms with Gasteiger partial charge >= 0.3 is 5.97 Å². The van der Waals surface area contributed by atoms with Crippen molar-refractivity contribution >= 4 is 16.9 Å². The SMILES string of the molecule is Cc1cc(C)c2nc(-c3ccccc3)c(C)c(C(=O)Oc3ccc(C(C)(C)C)cc3)c2c1. The maximum Gasteiger partial charge on any atom is 0.344 e. The highest BCUT2D eigenvalue weighted by Gasteiger charge is 2.22. The number of rotatable bonds is 3. The normalized spacial score (nSPS) is 11.6. The monoisotopic (exact) mass is 423 g/mol. The van der Waals surface area contributed by atoms with Crippen LogP contribution in [0, 0.1) is 20.8 Å². The quantitative estimate of drug-likeness (QED) is 0.255. The highest BCUT2D eigenvalue weighted by molar-refractivity contribution is 6.08. The minimum Gasteiger partial charge on any atom is -0.423 e. The van der Waals surface area contributed by atoms with Crippen LogP contribution >= 0.6 is 0 Å². The molecular formula is C29H29NO2. The highest BCUT2D eigenvalue weighted by Crippen LogP contribution is 2.33. The molecular weight excluding hydrogens is 394 g/mol. The van der Waals surface area contributed by atoms with Crippen LogP contribution in [0.15, 0.2) is 66.7 Å². The van der Waals surface area contributed by atoms with E-state index in [-0.39, 0.29) is 11.4 Å². The number of carbonyl (C=O) groups is 1. The summed E-state index contributed by atoms with van der Waals surface area (Å²) in [4.78, 5) is 18.5. The Kier molecular flexibility index (Phi) is 5.60. The topological polar surface area (TPSA) is 39.2 Å². The molecule has 4 rings (SSSR count). The van der Waals surface area contributed by atoms with Gasteiger partial charge in [0.2, 0.25) is 0 Å². The van der Waals surface area contributed by atoms with Crippen molar-refractivity contribution in [3.8, 4) is 17.0 Å². The zero-order chi connectivity index (χ0) is 23.0. The van der Waals surface area contributed by atoms with E-state index < -0.39 is 0 Å². The van der Waals surface area contributed by atoms with Crippen LogP contribution in [0.2, 0.25) is 0 Å². The molecule has 4 aromatic rings. The Morgan fingerprint density at radius 3 is 2.16 bits per heavy atom. The first-order valence-electron chi connectivity index (χ1n) is 10.9. The molecule has 0 aliphatic heterocycles. The average molecular weight is 424 g/mol. The maximum atomic E-state index is 13.5. The Morgan fingerprint density at radius 1 is 0.875 bits per heavy atom. The minimum atomic E-state index is -0.361. The molecule has 0 spiro atoms. The third-order valence-electron chi connectivity index (χ3n) is 5.85. The van der Waals surface area contributed by atoms with E-state index in [1.165, 1.54) is 5.56 Å². The van der Waals surface area contributed by atoms with Gasteiger partial charge in [-0.2, -0.15) is 0 Å². The molecule has 0 atom stereocenters. The minimum absolute atomic E-state index is 0.0417. The lowest BCUT2D eigenvalue weighted by Gasteiger charge is -2.19. The van der Waals surface area contributed by atoms with Gasteiger partial charge in [-0.05, 0) is 61.1 Å². The van der Waals surface area contributed by atoms with E-state index in [1.807, 2.05) is 81.4 Å². The van der Waals surface area contributed by atoms with Crippen LogP contribution in [-0.2, 0) is 5.41 Å². The molecule has 0 aliphatic carbocycles. The zero-order valence-electron chi connectivity index (χ0n) is 19.6. The van der Waals surface area contributed by atoms with Crippen molar-refractivity contribution in [1.29, 1.82) is 0 Å². The number of hydrogen-bond donors (Lipinski definition) is 0. The molecule has 3 heteroatoms. The molecule has 1 heterocycles. The van der Waals surface area contributed by atoms with Gasteiger partial charge in [-0.15, -0.1) is 0 Å². The van der Waals surface area contributed by atoms with Gasteiger partial charge in [0.25, 0.3) is 0 Å². The Balaban J connectivity index is 1.85. The number of benzene rings is 3. The Labute approximate surface area is 190 Å². The fourth-order valence-electron chi connectivity index (χ4n) is 4.14. The predicted molar refractivity (Wildman–Crippen MR) is 131 cm³/mol. The van der Waals surface area contributed by atoms with Crippen molar-refractivity contribution < 1.29 is 9.53 Å². The Bertz CT molecular complexity index is 1300. The van der Waals surface area contributed by atoms with Crippen LogP contribution in [0.1, 0.15) is 53.4 Å². The summed E-state index contributed by atoms with van der Waals surface area (Å²) in [6.45, 7) is 12.5. The maximum absolute atomic E-state index is 13.5. The number of esters is 1. The third-order valence-corrected chi connectivity index (χ3v) is 5.85. The van der Waals surface area contributed by atoms with Gasteiger partial charge in [0.15, 0.2) is 0 Å². The summed E-state index contributed by atoms with van der Waals surface area (Å²) in [6.07, 6.45) is 0. The molecule has 0 bridgehead atoms. The molecule has 0 unspecified atom stereocenters. The lowest BCUT2D eigenvalue weighted by atomic mass is 9.87. The number of aryl methyl sites for hydroxylation is 2. The number of hydrogen-bond acceptors (Lipinski definition) is 3. The van der Waals surface area contributed by atoms with Crippen molar-refractivity contribution in [3.63, 3.8) is 0 Å². The lowest BCUT2D eigenvalue weighted by molar-refractivity contribution is 0.0736. The second kappa shape index (κ2) is 8.23. The number of fused-ring (bicyclic) bond motifs is 1. The number of carbonyl (C=O) groups excluding carboxylic acids is 1. The number of pyridine rings is 1. The van der Waals surface area contributed by atoms with Gasteiger partial charge in [-0.3, -0.25) is 0 Å². The number of aromatic nitrogens is 1. The van der Waals surface area contributed by atoms with Crippen LogP contribution in [-0.4, -0.2) is 11.0 Å². The smallest absolute Gasteiger partial charge is 0.344 e. The molecule has 3 aromatic carbocycles. The second-order valence-electron chi connectivity index (χ2n) is 9.47. The number of nitrogens with zero attached hydrogens (tertiary/aromatic N) is 1. The highest BCUT2D eigenvalue weighted by atomic mass is 16.5. The fourth-order valence-corrected chi connectivity index (χ4v) is 4.14. The van der Waals surface area contributed by atoms with E-state index in [9.17, 15) is 4.79 Å². The van der Waals surface area contributed by atoms with Gasteiger partial charge in [0, 0.05) is 10.9 Å². The average Bonchev–Trinajstić information content (AvgIpc) is 2.73. The van der Waals surface area contributed by atoms with Crippen molar-refractivity contribution in [2.75, 3.05) is 0 Å². The van der Waals surface area contributed by atoms with Crippen LogP contribution in [0.5, 0.6) is 5.75 Å². The summed E-state index contributed by atoms with van der Waals surface area (Å²) >= 11 is 0. The van der Waals surface area contributed by atoms with Gasteiger partial charge in [-0.25, -0.2) is 9.78 Å².